The van der Waals surface area contributed by atoms with E-state index in [1.807, 2.05) is 31.2 Å². The Morgan fingerprint density at radius 2 is 2.12 bits per heavy atom. The molecule has 86 valence electrons. The molecule has 2 aromatic rings. The largest absolute Gasteiger partial charge is 0.507 e. The zero-order valence-electron chi connectivity index (χ0n) is 9.55. The van der Waals surface area contributed by atoms with Gasteiger partial charge < -0.3 is 5.11 Å². The Labute approximate surface area is 104 Å². The molecular weight excluding hydrogens is 230 g/mol. The number of nitrogens with zero attached hydrogens (tertiary/aromatic N) is 1. The maximum atomic E-state index is 9.79. The van der Waals surface area contributed by atoms with Gasteiger partial charge in [-0.1, -0.05) is 30.9 Å². The molecule has 0 saturated carbocycles. The van der Waals surface area contributed by atoms with Crippen molar-refractivity contribution in [2.75, 3.05) is 0 Å². The molecule has 0 amide bonds. The van der Waals surface area contributed by atoms with Crippen LogP contribution >= 0.6 is 11.3 Å². The Hall–Kier alpha value is -1.87. The first kappa shape index (κ1) is 11.6. The number of para-hydroxylation sites is 1. The molecule has 1 heterocycles. The van der Waals surface area contributed by atoms with Crippen molar-refractivity contribution in [2.45, 2.75) is 6.92 Å². The molecule has 1 aromatic heterocycles. The summed E-state index contributed by atoms with van der Waals surface area (Å²) in [4.78, 5) is 4.50. The van der Waals surface area contributed by atoms with Crippen molar-refractivity contribution in [3.63, 3.8) is 0 Å². The van der Waals surface area contributed by atoms with Gasteiger partial charge in [-0.2, -0.15) is 0 Å². The molecule has 3 heteroatoms. The second-order valence-corrected chi connectivity index (χ2v) is 4.51. The molecule has 0 fully saturated rings. The Kier molecular flexibility index (Phi) is 3.40. The van der Waals surface area contributed by atoms with Crippen LogP contribution in [0.25, 0.3) is 22.7 Å². The van der Waals surface area contributed by atoms with Crippen LogP contribution in [0, 0.1) is 0 Å². The highest BCUT2D eigenvalue weighted by molar-refractivity contribution is 7.13. The summed E-state index contributed by atoms with van der Waals surface area (Å²) in [5.74, 6) is 0.258. The lowest BCUT2D eigenvalue weighted by atomic mass is 10.2. The second-order valence-electron chi connectivity index (χ2n) is 3.48. The van der Waals surface area contributed by atoms with E-state index in [4.69, 9.17) is 0 Å². The predicted octanol–water partition coefficient (Wildman–Crippen LogP) is 2.28. The summed E-state index contributed by atoms with van der Waals surface area (Å²) in [7, 11) is 0. The Morgan fingerprint density at radius 3 is 2.76 bits per heavy atom. The van der Waals surface area contributed by atoms with Gasteiger partial charge in [-0.25, -0.2) is 4.98 Å². The van der Waals surface area contributed by atoms with Crippen molar-refractivity contribution in [1.82, 2.24) is 4.98 Å². The van der Waals surface area contributed by atoms with Crippen LogP contribution in [-0.2, 0) is 0 Å². The zero-order chi connectivity index (χ0) is 12.3. The molecule has 0 spiro atoms. The standard InChI is InChI=1S/C14H13NOS/c1-3-7-13-11(4-2)15-14(17-13)10-8-5-6-9-12(10)16/h3-9,16H,1H2,2H3/b11-4+,13-7+. The quantitative estimate of drug-likeness (QED) is 0.878. The summed E-state index contributed by atoms with van der Waals surface area (Å²) in [6.07, 6.45) is 5.63. The highest BCUT2D eigenvalue weighted by Gasteiger charge is 2.06. The van der Waals surface area contributed by atoms with Crippen LogP contribution in [0.15, 0.2) is 36.9 Å². The fourth-order valence-electron chi connectivity index (χ4n) is 1.55. The smallest absolute Gasteiger partial charge is 0.128 e. The first-order valence-electron chi connectivity index (χ1n) is 5.30. The first-order chi connectivity index (χ1) is 8.26. The van der Waals surface area contributed by atoms with Crippen molar-refractivity contribution in [3.8, 4) is 16.3 Å². The maximum Gasteiger partial charge on any atom is 0.128 e. The van der Waals surface area contributed by atoms with Crippen LogP contribution in [0.3, 0.4) is 0 Å². The fourth-order valence-corrected chi connectivity index (χ4v) is 2.61. The van der Waals surface area contributed by atoms with E-state index in [2.05, 4.69) is 11.6 Å². The molecule has 0 atom stereocenters. The minimum absolute atomic E-state index is 0.258. The number of phenols is 1. The minimum atomic E-state index is 0.258. The number of aromatic nitrogens is 1. The van der Waals surface area contributed by atoms with Gasteiger partial charge in [0.15, 0.2) is 0 Å². The molecule has 1 N–H and O–H groups in total. The third kappa shape index (κ3) is 2.29. The van der Waals surface area contributed by atoms with Crippen molar-refractivity contribution >= 4 is 23.5 Å². The van der Waals surface area contributed by atoms with Crippen molar-refractivity contribution in [1.29, 1.82) is 0 Å². The number of thiazole rings is 1. The summed E-state index contributed by atoms with van der Waals surface area (Å²) < 4.78 is 1.06. The lowest BCUT2D eigenvalue weighted by Crippen LogP contribution is -2.19. The number of hydrogen-bond donors (Lipinski definition) is 1. The monoisotopic (exact) mass is 243 g/mol. The number of allylic oxidation sites excluding steroid dienone is 1. The van der Waals surface area contributed by atoms with Crippen LogP contribution in [0.2, 0.25) is 0 Å². The van der Waals surface area contributed by atoms with Gasteiger partial charge in [0.1, 0.15) is 10.8 Å². The molecule has 0 unspecified atom stereocenters. The van der Waals surface area contributed by atoms with Gasteiger partial charge in [-0.15, -0.1) is 11.3 Å². The van der Waals surface area contributed by atoms with E-state index >= 15 is 0 Å². The van der Waals surface area contributed by atoms with E-state index in [1.54, 1.807) is 29.5 Å². The van der Waals surface area contributed by atoms with E-state index in [0.717, 1.165) is 20.5 Å². The van der Waals surface area contributed by atoms with E-state index in [1.165, 1.54) is 0 Å². The van der Waals surface area contributed by atoms with Gasteiger partial charge >= 0.3 is 0 Å². The van der Waals surface area contributed by atoms with Crippen LogP contribution in [0.5, 0.6) is 5.75 Å². The van der Waals surface area contributed by atoms with Crippen molar-refractivity contribution in [3.05, 3.63) is 46.8 Å². The topological polar surface area (TPSA) is 33.1 Å². The number of benzene rings is 1. The van der Waals surface area contributed by atoms with Gasteiger partial charge in [0.2, 0.25) is 0 Å². The molecule has 2 rings (SSSR count). The third-order valence-electron chi connectivity index (χ3n) is 2.36. The molecular formula is C14H13NOS. The molecule has 0 radical (unpaired) electrons. The van der Waals surface area contributed by atoms with E-state index in [0.29, 0.717) is 0 Å². The summed E-state index contributed by atoms with van der Waals surface area (Å²) in [5, 5.41) is 11.5. The fraction of sp³-hybridized carbons (Fsp3) is 0.0714. The van der Waals surface area contributed by atoms with Gasteiger partial charge in [0.05, 0.1) is 15.4 Å². The molecule has 0 aliphatic heterocycles. The molecule has 0 bridgehead atoms. The zero-order valence-corrected chi connectivity index (χ0v) is 10.4. The number of phenolic OH excluding ortho intramolecular Hbond substituents is 1. The van der Waals surface area contributed by atoms with Gasteiger partial charge in [-0.3, -0.25) is 0 Å². The lowest BCUT2D eigenvalue weighted by molar-refractivity contribution is 0.477. The lowest BCUT2D eigenvalue weighted by Gasteiger charge is -1.98. The maximum absolute atomic E-state index is 9.79. The molecule has 0 aliphatic carbocycles. The first-order valence-corrected chi connectivity index (χ1v) is 6.12. The van der Waals surface area contributed by atoms with Crippen LogP contribution in [0.4, 0.5) is 0 Å². The Bertz CT molecular complexity index is 655. The van der Waals surface area contributed by atoms with E-state index < -0.39 is 0 Å². The van der Waals surface area contributed by atoms with Crippen LogP contribution < -0.4 is 9.88 Å². The predicted molar refractivity (Wildman–Crippen MR) is 73.3 cm³/mol. The van der Waals surface area contributed by atoms with Crippen LogP contribution in [-0.4, -0.2) is 10.1 Å². The Morgan fingerprint density at radius 1 is 1.35 bits per heavy atom. The third-order valence-corrected chi connectivity index (χ3v) is 3.43. The highest BCUT2D eigenvalue weighted by atomic mass is 32.1. The minimum Gasteiger partial charge on any atom is -0.507 e. The van der Waals surface area contributed by atoms with Gasteiger partial charge in [-0.05, 0) is 25.1 Å². The average Bonchev–Trinajstić information content (AvgIpc) is 2.73. The summed E-state index contributed by atoms with van der Waals surface area (Å²) >= 11 is 1.55. The number of hydrogen-bond acceptors (Lipinski definition) is 3. The number of aromatic hydroxyl groups is 1. The highest BCUT2D eigenvalue weighted by Crippen LogP contribution is 2.27. The SMILES string of the molecule is C=C/C=c1/sc(-c2ccccc2O)n/c1=C/C. The van der Waals surface area contributed by atoms with E-state index in [9.17, 15) is 5.11 Å². The number of rotatable bonds is 2. The van der Waals surface area contributed by atoms with Crippen molar-refractivity contribution in [2.24, 2.45) is 0 Å². The molecule has 17 heavy (non-hydrogen) atoms. The average molecular weight is 243 g/mol. The summed E-state index contributed by atoms with van der Waals surface area (Å²) in [6.45, 7) is 5.64. The molecule has 1 aromatic carbocycles. The molecule has 2 nitrogen and oxygen atoms in total. The van der Waals surface area contributed by atoms with Gasteiger partial charge in [0, 0.05) is 0 Å². The summed E-state index contributed by atoms with van der Waals surface area (Å²) in [5.41, 5.74) is 0.768. The van der Waals surface area contributed by atoms with Gasteiger partial charge in [0.25, 0.3) is 0 Å². The van der Waals surface area contributed by atoms with Crippen molar-refractivity contribution < 1.29 is 5.11 Å². The van der Waals surface area contributed by atoms with E-state index in [-0.39, 0.29) is 5.75 Å². The second kappa shape index (κ2) is 4.97. The summed E-state index contributed by atoms with van der Waals surface area (Å²) in [6, 6.07) is 7.23. The molecule has 0 aliphatic rings. The molecule has 0 saturated heterocycles. The van der Waals surface area contributed by atoms with Crippen LogP contribution in [0.1, 0.15) is 6.92 Å². The Balaban J connectivity index is 2.67. The normalized spacial score (nSPS) is 13.0.